The number of nitrogens with zero attached hydrogens (tertiary/aromatic N) is 1. The number of ether oxygens (including phenoxy) is 1. The van der Waals surface area contributed by atoms with E-state index in [9.17, 15) is 9.59 Å². The molecule has 0 unspecified atom stereocenters. The third-order valence-electron chi connectivity index (χ3n) is 2.77. The SMILES string of the molecule is CCOC(=O)c1nc(C(CC)CC)sc1C(C)=O. The van der Waals surface area contributed by atoms with Gasteiger partial charge >= 0.3 is 5.97 Å². The molecule has 0 aliphatic heterocycles. The van der Waals surface area contributed by atoms with Crippen LogP contribution in [0.5, 0.6) is 0 Å². The maximum Gasteiger partial charge on any atom is 0.358 e. The number of esters is 1. The van der Waals surface area contributed by atoms with E-state index in [2.05, 4.69) is 18.8 Å². The van der Waals surface area contributed by atoms with E-state index in [4.69, 9.17) is 4.74 Å². The molecule has 0 saturated carbocycles. The molecule has 1 heterocycles. The van der Waals surface area contributed by atoms with Crippen molar-refractivity contribution in [2.75, 3.05) is 6.61 Å². The fourth-order valence-electron chi connectivity index (χ4n) is 1.73. The summed E-state index contributed by atoms with van der Waals surface area (Å²) in [5.74, 6) is -0.333. The number of carbonyl (C=O) groups excluding carboxylic acids is 2. The molecule has 100 valence electrons. The summed E-state index contributed by atoms with van der Waals surface area (Å²) in [6, 6.07) is 0. The standard InChI is InChI=1S/C13H19NO3S/c1-5-9(6-2)12-14-10(13(16)17-7-3)11(18-12)8(4)15/h9H,5-7H2,1-4H3. The van der Waals surface area contributed by atoms with Crippen LogP contribution >= 0.6 is 11.3 Å². The van der Waals surface area contributed by atoms with Crippen LogP contribution in [0, 0.1) is 0 Å². The lowest BCUT2D eigenvalue weighted by Crippen LogP contribution is -2.09. The van der Waals surface area contributed by atoms with Gasteiger partial charge in [0.05, 0.1) is 11.6 Å². The molecule has 0 aliphatic rings. The Kier molecular flexibility index (Phi) is 5.47. The van der Waals surface area contributed by atoms with Crippen LogP contribution in [0.25, 0.3) is 0 Å². The number of hydrogen-bond donors (Lipinski definition) is 0. The summed E-state index contributed by atoms with van der Waals surface area (Å²) in [5, 5.41) is 0.855. The van der Waals surface area contributed by atoms with E-state index in [-0.39, 0.29) is 18.1 Å². The molecule has 0 amide bonds. The summed E-state index contributed by atoms with van der Waals surface area (Å²) < 4.78 is 4.93. The van der Waals surface area contributed by atoms with Crippen LogP contribution in [0.1, 0.15) is 71.6 Å². The van der Waals surface area contributed by atoms with Gasteiger partial charge in [0.2, 0.25) is 0 Å². The van der Waals surface area contributed by atoms with Crippen molar-refractivity contribution in [2.24, 2.45) is 0 Å². The third-order valence-corrected chi connectivity index (χ3v) is 4.09. The first-order valence-corrected chi connectivity index (χ1v) is 7.05. The zero-order valence-electron chi connectivity index (χ0n) is 11.3. The van der Waals surface area contributed by atoms with E-state index < -0.39 is 5.97 Å². The van der Waals surface area contributed by atoms with Crippen LogP contribution in [0.15, 0.2) is 0 Å². The second kappa shape index (κ2) is 6.64. The predicted octanol–water partition coefficient (Wildman–Crippen LogP) is 3.43. The lowest BCUT2D eigenvalue weighted by molar-refractivity contribution is 0.0517. The number of rotatable bonds is 6. The Labute approximate surface area is 111 Å². The van der Waals surface area contributed by atoms with Crippen molar-refractivity contribution in [1.29, 1.82) is 0 Å². The lowest BCUT2D eigenvalue weighted by atomic mass is 10.1. The summed E-state index contributed by atoms with van der Waals surface area (Å²) >= 11 is 1.32. The van der Waals surface area contributed by atoms with E-state index in [0.717, 1.165) is 17.8 Å². The molecule has 1 aromatic rings. The first-order chi connectivity index (χ1) is 8.54. The fourth-order valence-corrected chi connectivity index (χ4v) is 2.94. The zero-order valence-corrected chi connectivity index (χ0v) is 12.1. The molecule has 18 heavy (non-hydrogen) atoms. The molecule has 0 fully saturated rings. The van der Waals surface area contributed by atoms with Crippen molar-refractivity contribution in [3.05, 3.63) is 15.6 Å². The highest BCUT2D eigenvalue weighted by Gasteiger charge is 2.24. The molecule has 0 saturated heterocycles. The predicted molar refractivity (Wildman–Crippen MR) is 71.4 cm³/mol. The van der Waals surface area contributed by atoms with Crippen molar-refractivity contribution in [2.45, 2.75) is 46.5 Å². The van der Waals surface area contributed by atoms with E-state index in [1.54, 1.807) is 6.92 Å². The number of thiazole rings is 1. The molecule has 0 radical (unpaired) electrons. The van der Waals surface area contributed by atoms with E-state index in [1.165, 1.54) is 18.3 Å². The van der Waals surface area contributed by atoms with Gasteiger partial charge in [0.25, 0.3) is 0 Å². The Hall–Kier alpha value is -1.23. The number of ketones is 1. The van der Waals surface area contributed by atoms with Gasteiger partial charge in [-0.1, -0.05) is 13.8 Å². The Morgan fingerprint density at radius 3 is 2.33 bits per heavy atom. The van der Waals surface area contributed by atoms with Crippen LogP contribution in [0.4, 0.5) is 0 Å². The quantitative estimate of drug-likeness (QED) is 0.586. The topological polar surface area (TPSA) is 56.3 Å². The fraction of sp³-hybridized carbons (Fsp3) is 0.615. The van der Waals surface area contributed by atoms with Gasteiger partial charge in [-0.3, -0.25) is 4.79 Å². The van der Waals surface area contributed by atoms with Crippen molar-refractivity contribution in [1.82, 2.24) is 4.98 Å². The third kappa shape index (κ3) is 3.16. The van der Waals surface area contributed by atoms with Gasteiger partial charge < -0.3 is 4.74 Å². The largest absolute Gasteiger partial charge is 0.461 e. The summed E-state index contributed by atoms with van der Waals surface area (Å²) in [4.78, 5) is 28.0. The van der Waals surface area contributed by atoms with Gasteiger partial charge in [0.15, 0.2) is 11.5 Å². The van der Waals surface area contributed by atoms with E-state index in [1.807, 2.05) is 0 Å². The Bertz CT molecular complexity index is 435. The van der Waals surface area contributed by atoms with Gasteiger partial charge in [-0.15, -0.1) is 11.3 Å². The van der Waals surface area contributed by atoms with Gasteiger partial charge in [-0.25, -0.2) is 9.78 Å². The zero-order chi connectivity index (χ0) is 13.7. The Morgan fingerprint density at radius 1 is 1.28 bits per heavy atom. The molecule has 0 bridgehead atoms. The molecular weight excluding hydrogens is 250 g/mol. The summed E-state index contributed by atoms with van der Waals surface area (Å²) in [6.45, 7) is 7.63. The summed E-state index contributed by atoms with van der Waals surface area (Å²) in [7, 11) is 0. The van der Waals surface area contributed by atoms with Crippen molar-refractivity contribution >= 4 is 23.1 Å². The average molecular weight is 269 g/mol. The van der Waals surface area contributed by atoms with Crippen LogP contribution in [-0.2, 0) is 4.74 Å². The minimum Gasteiger partial charge on any atom is -0.461 e. The van der Waals surface area contributed by atoms with Crippen molar-refractivity contribution in [3.8, 4) is 0 Å². The molecule has 0 N–H and O–H groups in total. The van der Waals surface area contributed by atoms with Gasteiger partial charge in [-0.05, 0) is 19.8 Å². The molecule has 0 spiro atoms. The van der Waals surface area contributed by atoms with Gasteiger partial charge in [0, 0.05) is 12.8 Å². The summed E-state index contributed by atoms with van der Waals surface area (Å²) in [6.07, 6.45) is 1.90. The summed E-state index contributed by atoms with van der Waals surface area (Å²) in [5.41, 5.74) is 0.177. The molecule has 4 nitrogen and oxygen atoms in total. The second-order valence-electron chi connectivity index (χ2n) is 4.02. The van der Waals surface area contributed by atoms with Crippen LogP contribution in [-0.4, -0.2) is 23.3 Å². The molecule has 1 rings (SSSR count). The number of carbonyl (C=O) groups is 2. The first-order valence-electron chi connectivity index (χ1n) is 6.23. The molecule has 5 heteroatoms. The smallest absolute Gasteiger partial charge is 0.358 e. The highest BCUT2D eigenvalue weighted by molar-refractivity contribution is 7.14. The molecule has 0 aliphatic carbocycles. The average Bonchev–Trinajstić information content (AvgIpc) is 2.76. The normalized spacial score (nSPS) is 10.7. The number of Topliss-reactive ketones (excluding diaryl/α,β-unsaturated/α-hetero) is 1. The highest BCUT2D eigenvalue weighted by Crippen LogP contribution is 2.30. The Balaban J connectivity index is 3.16. The number of aromatic nitrogens is 1. The minimum absolute atomic E-state index is 0.132. The molecule has 1 aromatic heterocycles. The molecule has 0 atom stereocenters. The first kappa shape index (κ1) is 14.8. The second-order valence-corrected chi connectivity index (χ2v) is 5.05. The molecular formula is C13H19NO3S. The van der Waals surface area contributed by atoms with Crippen molar-refractivity contribution in [3.63, 3.8) is 0 Å². The van der Waals surface area contributed by atoms with Gasteiger partial charge in [0.1, 0.15) is 4.88 Å². The van der Waals surface area contributed by atoms with Crippen molar-refractivity contribution < 1.29 is 14.3 Å². The lowest BCUT2D eigenvalue weighted by Gasteiger charge is -2.06. The van der Waals surface area contributed by atoms with E-state index in [0.29, 0.717) is 10.8 Å². The highest BCUT2D eigenvalue weighted by atomic mass is 32.1. The molecule has 0 aromatic carbocycles. The van der Waals surface area contributed by atoms with E-state index >= 15 is 0 Å². The minimum atomic E-state index is -0.504. The van der Waals surface area contributed by atoms with Crippen LogP contribution in [0.3, 0.4) is 0 Å². The monoisotopic (exact) mass is 269 g/mol. The maximum atomic E-state index is 11.8. The van der Waals surface area contributed by atoms with Gasteiger partial charge in [-0.2, -0.15) is 0 Å². The maximum absolute atomic E-state index is 11.8. The Morgan fingerprint density at radius 2 is 1.89 bits per heavy atom. The van der Waals surface area contributed by atoms with Crippen LogP contribution in [0.2, 0.25) is 0 Å². The number of hydrogen-bond acceptors (Lipinski definition) is 5. The van der Waals surface area contributed by atoms with Crippen LogP contribution < -0.4 is 0 Å².